The number of piperazine rings is 1. The van der Waals surface area contributed by atoms with Crippen molar-refractivity contribution in [2.24, 2.45) is 0 Å². The number of aromatic nitrogens is 1. The lowest BCUT2D eigenvalue weighted by atomic mass is 10.2. The fourth-order valence-electron chi connectivity index (χ4n) is 2.07. The summed E-state index contributed by atoms with van der Waals surface area (Å²) in [5.41, 5.74) is -0.783. The molecule has 1 aliphatic heterocycles. The van der Waals surface area contributed by atoms with Crippen LogP contribution in [-0.2, 0) is 11.0 Å². The Labute approximate surface area is 114 Å². The van der Waals surface area contributed by atoms with E-state index in [0.717, 1.165) is 6.07 Å². The summed E-state index contributed by atoms with van der Waals surface area (Å²) < 4.78 is 39.4. The van der Waals surface area contributed by atoms with E-state index in [4.69, 9.17) is 0 Å². The molecule has 0 unspecified atom stereocenters. The number of carbonyl (C=O) groups excluding carboxylic acids is 1. The Balaban J connectivity index is 2.37. The Morgan fingerprint density at radius 3 is 2.60 bits per heavy atom. The first-order chi connectivity index (χ1) is 9.38. The van der Waals surface area contributed by atoms with Gasteiger partial charge in [-0.1, -0.05) is 0 Å². The molecule has 0 saturated carbocycles. The molecule has 1 amide bonds. The van der Waals surface area contributed by atoms with Crippen molar-refractivity contribution in [2.45, 2.75) is 13.1 Å². The third-order valence-corrected chi connectivity index (χ3v) is 2.91. The minimum absolute atomic E-state index is 0.0451. The van der Waals surface area contributed by atoms with Crippen molar-refractivity contribution in [3.8, 4) is 0 Å². The van der Waals surface area contributed by atoms with Gasteiger partial charge >= 0.3 is 6.18 Å². The van der Waals surface area contributed by atoms with E-state index in [1.165, 1.54) is 13.1 Å². The van der Waals surface area contributed by atoms with Gasteiger partial charge in [-0.05, 0) is 6.07 Å². The van der Waals surface area contributed by atoms with E-state index in [9.17, 15) is 18.0 Å². The van der Waals surface area contributed by atoms with Crippen LogP contribution in [0.25, 0.3) is 0 Å². The number of rotatable bonds is 2. The molecule has 2 rings (SSSR count). The van der Waals surface area contributed by atoms with Gasteiger partial charge in [-0.3, -0.25) is 4.79 Å². The zero-order chi connectivity index (χ0) is 14.8. The van der Waals surface area contributed by atoms with Crippen molar-refractivity contribution in [1.82, 2.24) is 10.3 Å². The van der Waals surface area contributed by atoms with Crippen LogP contribution >= 0.6 is 0 Å². The maximum atomic E-state index is 13.1. The largest absolute Gasteiger partial charge is 0.420 e. The molecule has 1 aliphatic rings. The Bertz CT molecular complexity index is 498. The number of alkyl halides is 3. The average Bonchev–Trinajstić information content (AvgIpc) is 2.38. The summed E-state index contributed by atoms with van der Waals surface area (Å²) in [6, 6.07) is 0.922. The number of hydrogen-bond donors (Lipinski definition) is 2. The summed E-state index contributed by atoms with van der Waals surface area (Å²) in [4.78, 5) is 16.4. The van der Waals surface area contributed by atoms with Crippen LogP contribution in [0.2, 0.25) is 0 Å². The quantitative estimate of drug-likeness (QED) is 0.865. The van der Waals surface area contributed by atoms with E-state index in [1.54, 1.807) is 4.90 Å². The lowest BCUT2D eigenvalue weighted by Crippen LogP contribution is -2.44. The molecule has 0 atom stereocenters. The molecule has 2 N–H and O–H groups in total. The second kappa shape index (κ2) is 5.66. The van der Waals surface area contributed by atoms with E-state index in [-0.39, 0.29) is 11.5 Å². The van der Waals surface area contributed by atoms with E-state index < -0.39 is 17.6 Å². The fraction of sp³-hybridized carbons (Fsp3) is 0.500. The summed E-state index contributed by atoms with van der Waals surface area (Å²) in [5.74, 6) is -0.525. The minimum Gasteiger partial charge on any atom is -0.354 e. The van der Waals surface area contributed by atoms with Gasteiger partial charge in [0.2, 0.25) is 5.91 Å². The van der Waals surface area contributed by atoms with Gasteiger partial charge in [-0.15, -0.1) is 0 Å². The summed E-state index contributed by atoms with van der Waals surface area (Å²) in [7, 11) is 0. The molecule has 5 nitrogen and oxygen atoms in total. The van der Waals surface area contributed by atoms with E-state index in [2.05, 4.69) is 15.6 Å². The standard InChI is InChI=1S/C12H15F3N4O/c1-8(20)18-9-6-10(12(13,14)15)11(17-7-9)19-4-2-16-3-5-19/h6-7,16H,2-5H2,1H3,(H,18,20). The van der Waals surface area contributed by atoms with Gasteiger partial charge in [-0.25, -0.2) is 4.98 Å². The van der Waals surface area contributed by atoms with Crippen molar-refractivity contribution in [3.63, 3.8) is 0 Å². The Morgan fingerprint density at radius 1 is 1.40 bits per heavy atom. The van der Waals surface area contributed by atoms with Gasteiger partial charge < -0.3 is 15.5 Å². The molecule has 1 saturated heterocycles. The highest BCUT2D eigenvalue weighted by molar-refractivity contribution is 5.88. The van der Waals surface area contributed by atoms with Crippen LogP contribution in [0.5, 0.6) is 0 Å². The summed E-state index contributed by atoms with van der Waals surface area (Å²) in [6.45, 7) is 3.40. The summed E-state index contributed by atoms with van der Waals surface area (Å²) in [5, 5.41) is 5.39. The number of anilines is 2. The van der Waals surface area contributed by atoms with Crippen molar-refractivity contribution in [1.29, 1.82) is 0 Å². The number of pyridine rings is 1. The van der Waals surface area contributed by atoms with Gasteiger partial charge in [0.15, 0.2) is 0 Å². The average molecular weight is 288 g/mol. The first kappa shape index (κ1) is 14.6. The fourth-order valence-corrected chi connectivity index (χ4v) is 2.07. The smallest absolute Gasteiger partial charge is 0.354 e. The Kier molecular flexibility index (Phi) is 4.12. The zero-order valence-electron chi connectivity index (χ0n) is 10.9. The van der Waals surface area contributed by atoms with Crippen molar-refractivity contribution >= 4 is 17.4 Å². The second-order valence-corrected chi connectivity index (χ2v) is 4.51. The number of carbonyl (C=O) groups is 1. The molecule has 1 fully saturated rings. The molecule has 0 radical (unpaired) electrons. The molecule has 0 spiro atoms. The molecule has 110 valence electrons. The van der Waals surface area contributed by atoms with Gasteiger partial charge in [0.1, 0.15) is 11.4 Å². The molecule has 0 aromatic carbocycles. The zero-order valence-corrected chi connectivity index (χ0v) is 10.9. The van der Waals surface area contributed by atoms with Crippen LogP contribution < -0.4 is 15.5 Å². The maximum Gasteiger partial charge on any atom is 0.420 e. The predicted octanol–water partition coefficient (Wildman–Crippen LogP) is 1.47. The molecular formula is C12H15F3N4O. The molecule has 0 bridgehead atoms. The van der Waals surface area contributed by atoms with Crippen LogP contribution in [0, 0.1) is 0 Å². The molecule has 2 heterocycles. The number of halogens is 3. The first-order valence-corrected chi connectivity index (χ1v) is 6.18. The van der Waals surface area contributed by atoms with E-state index in [0.29, 0.717) is 26.2 Å². The number of nitrogens with one attached hydrogen (secondary N) is 2. The Hall–Kier alpha value is -1.83. The highest BCUT2D eigenvalue weighted by Crippen LogP contribution is 2.36. The predicted molar refractivity (Wildman–Crippen MR) is 68.6 cm³/mol. The number of nitrogens with zero attached hydrogens (tertiary/aromatic N) is 2. The summed E-state index contributed by atoms with van der Waals surface area (Å²) >= 11 is 0. The first-order valence-electron chi connectivity index (χ1n) is 6.18. The van der Waals surface area contributed by atoms with Gasteiger partial charge in [0, 0.05) is 33.1 Å². The third kappa shape index (κ3) is 3.38. The normalized spacial score (nSPS) is 16.1. The number of hydrogen-bond acceptors (Lipinski definition) is 4. The lowest BCUT2D eigenvalue weighted by Gasteiger charge is -2.30. The van der Waals surface area contributed by atoms with Crippen LogP contribution in [0.1, 0.15) is 12.5 Å². The maximum absolute atomic E-state index is 13.1. The van der Waals surface area contributed by atoms with Gasteiger partial charge in [-0.2, -0.15) is 13.2 Å². The molecule has 0 aliphatic carbocycles. The van der Waals surface area contributed by atoms with Crippen LogP contribution in [0.4, 0.5) is 24.7 Å². The molecule has 1 aromatic rings. The van der Waals surface area contributed by atoms with Crippen LogP contribution in [-0.4, -0.2) is 37.1 Å². The topological polar surface area (TPSA) is 57.3 Å². The number of amides is 1. The van der Waals surface area contributed by atoms with Crippen LogP contribution in [0.15, 0.2) is 12.3 Å². The second-order valence-electron chi connectivity index (χ2n) is 4.51. The van der Waals surface area contributed by atoms with Gasteiger partial charge in [0.05, 0.1) is 11.9 Å². The molecular weight excluding hydrogens is 273 g/mol. The Morgan fingerprint density at radius 2 is 2.05 bits per heavy atom. The SMILES string of the molecule is CC(=O)Nc1cnc(N2CCNCC2)c(C(F)(F)F)c1. The summed E-state index contributed by atoms with van der Waals surface area (Å²) in [6.07, 6.45) is -3.27. The lowest BCUT2D eigenvalue weighted by molar-refractivity contribution is -0.137. The molecule has 1 aromatic heterocycles. The minimum atomic E-state index is -4.51. The molecule has 8 heteroatoms. The van der Waals surface area contributed by atoms with Crippen LogP contribution in [0.3, 0.4) is 0 Å². The highest BCUT2D eigenvalue weighted by atomic mass is 19.4. The van der Waals surface area contributed by atoms with Crippen molar-refractivity contribution in [3.05, 3.63) is 17.8 Å². The monoisotopic (exact) mass is 288 g/mol. The third-order valence-electron chi connectivity index (χ3n) is 2.91. The molecule has 20 heavy (non-hydrogen) atoms. The highest BCUT2D eigenvalue weighted by Gasteiger charge is 2.36. The van der Waals surface area contributed by atoms with Crippen molar-refractivity contribution in [2.75, 3.05) is 36.4 Å². The van der Waals surface area contributed by atoms with Gasteiger partial charge in [0.25, 0.3) is 0 Å². The van der Waals surface area contributed by atoms with Crippen molar-refractivity contribution < 1.29 is 18.0 Å². The van der Waals surface area contributed by atoms with E-state index in [1.807, 2.05) is 0 Å². The van der Waals surface area contributed by atoms with E-state index >= 15 is 0 Å².